The molecular formula is C16H21N5O2. The Bertz CT molecular complexity index is 658. The maximum Gasteiger partial charge on any atom is 0.271 e. The average Bonchev–Trinajstić information content (AvgIpc) is 3.12. The molecule has 1 fully saturated rings. The second-order valence-corrected chi connectivity index (χ2v) is 5.91. The lowest BCUT2D eigenvalue weighted by atomic mass is 10.1. The number of aryl methyl sites for hydroxylation is 1. The molecule has 0 radical (unpaired) electrons. The first kappa shape index (κ1) is 15.6. The molecule has 23 heavy (non-hydrogen) atoms. The topological polar surface area (TPSA) is 83.3 Å². The number of hydrogen-bond acceptors (Lipinski definition) is 5. The lowest BCUT2D eigenvalue weighted by Crippen LogP contribution is -2.40. The van der Waals surface area contributed by atoms with Gasteiger partial charge >= 0.3 is 0 Å². The van der Waals surface area contributed by atoms with Crippen molar-refractivity contribution < 1.29 is 9.90 Å². The highest BCUT2D eigenvalue weighted by Crippen LogP contribution is 2.20. The number of likely N-dealkylation sites (tertiary alicyclic amines) is 1. The Hall–Kier alpha value is -2.25. The first-order chi connectivity index (χ1) is 11.1. The van der Waals surface area contributed by atoms with Gasteiger partial charge in [0.1, 0.15) is 5.69 Å². The predicted octanol–water partition coefficient (Wildman–Crippen LogP) is 0.180. The molecule has 1 amide bonds. The van der Waals surface area contributed by atoms with Crippen molar-refractivity contribution in [1.29, 1.82) is 0 Å². The molecule has 122 valence electrons. The van der Waals surface area contributed by atoms with Gasteiger partial charge in [0.2, 0.25) is 0 Å². The number of carbonyl (C=O) groups excluding carboxylic acids is 1. The Morgan fingerprint density at radius 3 is 2.87 bits per heavy atom. The predicted molar refractivity (Wildman–Crippen MR) is 84.6 cm³/mol. The van der Waals surface area contributed by atoms with E-state index in [1.165, 1.54) is 16.4 Å². The number of aliphatic hydroxyl groups excluding tert-OH is 1. The highest BCUT2D eigenvalue weighted by atomic mass is 16.3. The van der Waals surface area contributed by atoms with Gasteiger partial charge in [0.05, 0.1) is 12.3 Å². The Morgan fingerprint density at radius 2 is 2.17 bits per heavy atom. The van der Waals surface area contributed by atoms with E-state index in [1.807, 2.05) is 18.2 Å². The Morgan fingerprint density at radius 1 is 1.39 bits per heavy atom. The van der Waals surface area contributed by atoms with Crippen molar-refractivity contribution in [2.45, 2.75) is 25.1 Å². The first-order valence-electron chi connectivity index (χ1n) is 7.72. The van der Waals surface area contributed by atoms with E-state index in [0.29, 0.717) is 25.2 Å². The third-order valence-corrected chi connectivity index (χ3v) is 4.18. The zero-order valence-electron chi connectivity index (χ0n) is 13.1. The summed E-state index contributed by atoms with van der Waals surface area (Å²) in [6, 6.07) is 10.3. The van der Waals surface area contributed by atoms with Crippen LogP contribution in [0.4, 0.5) is 0 Å². The molecule has 2 N–H and O–H groups in total. The van der Waals surface area contributed by atoms with Gasteiger partial charge in [-0.05, 0) is 12.0 Å². The van der Waals surface area contributed by atoms with Gasteiger partial charge < -0.3 is 10.4 Å². The van der Waals surface area contributed by atoms with Crippen LogP contribution in [0.2, 0.25) is 0 Å². The van der Waals surface area contributed by atoms with Gasteiger partial charge in [0, 0.05) is 32.7 Å². The molecule has 7 heteroatoms. The Kier molecular flexibility index (Phi) is 4.68. The third-order valence-electron chi connectivity index (χ3n) is 4.18. The number of carbonyl (C=O) groups is 1. The van der Waals surface area contributed by atoms with Crippen molar-refractivity contribution in [2.75, 3.05) is 13.1 Å². The van der Waals surface area contributed by atoms with E-state index < -0.39 is 0 Å². The summed E-state index contributed by atoms with van der Waals surface area (Å²) in [5, 5.41) is 20.3. The number of hydrogen-bond donors (Lipinski definition) is 2. The molecule has 2 heterocycles. The second-order valence-electron chi connectivity index (χ2n) is 5.91. The SMILES string of the molecule is Cn1nncc1C(=O)NCC1CC(O)CN1Cc1ccccc1. The third kappa shape index (κ3) is 3.75. The smallest absolute Gasteiger partial charge is 0.271 e. The van der Waals surface area contributed by atoms with Crippen molar-refractivity contribution in [2.24, 2.45) is 7.05 Å². The minimum atomic E-state index is -0.348. The molecule has 0 spiro atoms. The lowest BCUT2D eigenvalue weighted by Gasteiger charge is -2.24. The van der Waals surface area contributed by atoms with E-state index in [2.05, 4.69) is 32.7 Å². The number of nitrogens with one attached hydrogen (secondary N) is 1. The molecule has 3 rings (SSSR count). The molecule has 0 saturated carbocycles. The molecular weight excluding hydrogens is 294 g/mol. The molecule has 1 saturated heterocycles. The van der Waals surface area contributed by atoms with Crippen molar-refractivity contribution in [3.05, 3.63) is 47.8 Å². The van der Waals surface area contributed by atoms with Crippen LogP contribution in [0.5, 0.6) is 0 Å². The van der Waals surface area contributed by atoms with Gasteiger partial charge in [-0.25, -0.2) is 4.68 Å². The minimum Gasteiger partial charge on any atom is -0.392 e. The van der Waals surface area contributed by atoms with Crippen molar-refractivity contribution in [1.82, 2.24) is 25.2 Å². The molecule has 1 aromatic heterocycles. The zero-order valence-corrected chi connectivity index (χ0v) is 13.1. The van der Waals surface area contributed by atoms with E-state index in [0.717, 1.165) is 6.54 Å². The molecule has 1 aliphatic rings. The largest absolute Gasteiger partial charge is 0.392 e. The summed E-state index contributed by atoms with van der Waals surface area (Å²) in [5.74, 6) is -0.196. The van der Waals surface area contributed by atoms with Crippen molar-refractivity contribution in [3.8, 4) is 0 Å². The number of rotatable bonds is 5. The summed E-state index contributed by atoms with van der Waals surface area (Å²) in [7, 11) is 1.68. The number of amides is 1. The van der Waals surface area contributed by atoms with Gasteiger partial charge in [-0.1, -0.05) is 35.5 Å². The van der Waals surface area contributed by atoms with Crippen LogP contribution < -0.4 is 5.32 Å². The summed E-state index contributed by atoms with van der Waals surface area (Å²) in [6.07, 6.45) is 1.76. The number of aliphatic hydroxyl groups is 1. The minimum absolute atomic E-state index is 0.121. The van der Waals surface area contributed by atoms with E-state index in [9.17, 15) is 9.90 Å². The summed E-state index contributed by atoms with van der Waals surface area (Å²) in [4.78, 5) is 14.3. The van der Waals surface area contributed by atoms with Gasteiger partial charge in [-0.15, -0.1) is 5.10 Å². The molecule has 0 aliphatic carbocycles. The van der Waals surface area contributed by atoms with E-state index in [-0.39, 0.29) is 18.1 Å². The van der Waals surface area contributed by atoms with Gasteiger partial charge in [0.25, 0.3) is 5.91 Å². The second kappa shape index (κ2) is 6.89. The summed E-state index contributed by atoms with van der Waals surface area (Å²) < 4.78 is 1.45. The van der Waals surface area contributed by atoms with E-state index >= 15 is 0 Å². The molecule has 7 nitrogen and oxygen atoms in total. The maximum absolute atomic E-state index is 12.1. The van der Waals surface area contributed by atoms with Crippen molar-refractivity contribution in [3.63, 3.8) is 0 Å². The first-order valence-corrected chi connectivity index (χ1v) is 7.72. The average molecular weight is 315 g/mol. The zero-order chi connectivity index (χ0) is 16.2. The molecule has 0 bridgehead atoms. The fraction of sp³-hybridized carbons (Fsp3) is 0.438. The summed E-state index contributed by atoms with van der Waals surface area (Å²) in [6.45, 7) is 1.89. The van der Waals surface area contributed by atoms with Crippen LogP contribution in [0.3, 0.4) is 0 Å². The fourth-order valence-corrected chi connectivity index (χ4v) is 2.98. The number of benzene rings is 1. The van der Waals surface area contributed by atoms with Crippen LogP contribution >= 0.6 is 0 Å². The fourth-order valence-electron chi connectivity index (χ4n) is 2.98. The Balaban J connectivity index is 1.59. The van der Waals surface area contributed by atoms with Crippen LogP contribution in [-0.4, -0.2) is 56.1 Å². The standard InChI is InChI=1S/C16H21N5O2/c1-20-15(9-18-19-20)16(23)17-8-13-7-14(22)11-21(13)10-12-5-3-2-4-6-12/h2-6,9,13-14,22H,7-8,10-11H2,1H3,(H,17,23). The van der Waals surface area contributed by atoms with Gasteiger partial charge in [-0.3, -0.25) is 9.69 Å². The Labute approximate surface area is 134 Å². The molecule has 1 aliphatic heterocycles. The van der Waals surface area contributed by atoms with Crippen LogP contribution in [0.15, 0.2) is 36.5 Å². The van der Waals surface area contributed by atoms with Crippen LogP contribution in [0.1, 0.15) is 22.5 Å². The normalized spacial score (nSPS) is 21.5. The summed E-state index contributed by atoms with van der Waals surface area (Å²) in [5.41, 5.74) is 1.63. The monoisotopic (exact) mass is 315 g/mol. The molecule has 2 aromatic rings. The number of nitrogens with zero attached hydrogens (tertiary/aromatic N) is 4. The number of aromatic nitrogens is 3. The highest BCUT2D eigenvalue weighted by molar-refractivity contribution is 5.92. The van der Waals surface area contributed by atoms with E-state index in [4.69, 9.17) is 0 Å². The molecule has 2 unspecified atom stereocenters. The van der Waals surface area contributed by atoms with Gasteiger partial charge in [0.15, 0.2) is 0 Å². The van der Waals surface area contributed by atoms with Gasteiger partial charge in [-0.2, -0.15) is 0 Å². The maximum atomic E-state index is 12.1. The van der Waals surface area contributed by atoms with Crippen molar-refractivity contribution >= 4 is 5.91 Å². The molecule has 2 atom stereocenters. The highest BCUT2D eigenvalue weighted by Gasteiger charge is 2.31. The quantitative estimate of drug-likeness (QED) is 0.822. The summed E-state index contributed by atoms with van der Waals surface area (Å²) >= 11 is 0. The van der Waals surface area contributed by atoms with E-state index in [1.54, 1.807) is 7.05 Å². The molecule has 1 aromatic carbocycles. The van der Waals surface area contributed by atoms with Crippen LogP contribution in [-0.2, 0) is 13.6 Å². The van der Waals surface area contributed by atoms with Crippen LogP contribution in [0.25, 0.3) is 0 Å². The lowest BCUT2D eigenvalue weighted by molar-refractivity contribution is 0.0930. The number of β-amino-alcohol motifs (C(OH)–C–C–N with tert-alkyl or cyclic N) is 1. The van der Waals surface area contributed by atoms with Crippen LogP contribution in [0, 0.1) is 0 Å².